The molecule has 0 atom stereocenters. The molecule has 1 aliphatic heterocycles. The van der Waals surface area contributed by atoms with Gasteiger partial charge in [0.15, 0.2) is 0 Å². The number of piperidine rings is 1. The zero-order valence-corrected chi connectivity index (χ0v) is 15.1. The zero-order valence-electron chi connectivity index (χ0n) is 15.1. The SMILES string of the molecule is NC(=O)Cn1ccc2c(OC3CCN(CC4(O)CCC4)CC3)cccc21. The summed E-state index contributed by atoms with van der Waals surface area (Å²) in [5.41, 5.74) is 5.84. The fourth-order valence-electron chi connectivity index (χ4n) is 4.13. The van der Waals surface area contributed by atoms with Gasteiger partial charge in [0.05, 0.1) is 11.1 Å². The number of hydrogen-bond acceptors (Lipinski definition) is 4. The number of aromatic nitrogens is 1. The summed E-state index contributed by atoms with van der Waals surface area (Å²) in [6.07, 6.45) is 7.02. The Hall–Kier alpha value is -2.05. The largest absolute Gasteiger partial charge is 0.490 e. The van der Waals surface area contributed by atoms with E-state index in [4.69, 9.17) is 10.5 Å². The van der Waals surface area contributed by atoms with Crippen LogP contribution in [0.1, 0.15) is 32.1 Å². The first-order valence-corrected chi connectivity index (χ1v) is 9.50. The molecule has 0 radical (unpaired) electrons. The molecule has 2 heterocycles. The Morgan fingerprint density at radius 3 is 2.69 bits per heavy atom. The van der Waals surface area contributed by atoms with Crippen LogP contribution in [0.4, 0.5) is 0 Å². The standard InChI is InChI=1S/C20H27N3O3/c21-19(24)13-23-12-7-16-17(23)3-1-4-18(16)26-15-5-10-22(11-6-15)14-20(25)8-2-9-20/h1,3-4,7,12,15,25H,2,5-6,8-11,13-14H2,(H2,21,24). The normalized spacial score (nSPS) is 20.8. The Balaban J connectivity index is 1.39. The highest BCUT2D eigenvalue weighted by Crippen LogP contribution is 2.33. The topological polar surface area (TPSA) is 80.7 Å². The Morgan fingerprint density at radius 1 is 1.27 bits per heavy atom. The van der Waals surface area contributed by atoms with Gasteiger partial charge in [0.2, 0.25) is 5.91 Å². The molecule has 1 saturated carbocycles. The van der Waals surface area contributed by atoms with Gasteiger partial charge in [-0.15, -0.1) is 0 Å². The number of hydrogen-bond donors (Lipinski definition) is 2. The second-order valence-electron chi connectivity index (χ2n) is 7.77. The second kappa shape index (κ2) is 6.93. The average Bonchev–Trinajstić information content (AvgIpc) is 2.99. The first-order valence-electron chi connectivity index (χ1n) is 9.50. The Bertz CT molecular complexity index is 789. The number of rotatable bonds is 6. The smallest absolute Gasteiger partial charge is 0.237 e. The molecular formula is C20H27N3O3. The molecule has 0 bridgehead atoms. The number of amides is 1. The number of likely N-dealkylation sites (tertiary alicyclic amines) is 1. The number of benzene rings is 1. The molecule has 2 fully saturated rings. The fraction of sp³-hybridized carbons (Fsp3) is 0.550. The quantitative estimate of drug-likeness (QED) is 0.827. The summed E-state index contributed by atoms with van der Waals surface area (Å²) in [4.78, 5) is 13.6. The lowest BCUT2D eigenvalue weighted by atomic mass is 9.79. The number of β-amino-alcohol motifs (C(OH)–C–C–N with tert-alkyl or cyclic N) is 1. The highest BCUT2D eigenvalue weighted by atomic mass is 16.5. The van der Waals surface area contributed by atoms with Crippen molar-refractivity contribution >= 4 is 16.8 Å². The van der Waals surface area contributed by atoms with E-state index in [2.05, 4.69) is 4.90 Å². The molecule has 0 unspecified atom stereocenters. The third-order valence-electron chi connectivity index (χ3n) is 5.73. The van der Waals surface area contributed by atoms with Gasteiger partial charge in [-0.25, -0.2) is 0 Å². The first-order chi connectivity index (χ1) is 12.5. The molecule has 1 aromatic heterocycles. The monoisotopic (exact) mass is 357 g/mol. The summed E-state index contributed by atoms with van der Waals surface area (Å²) >= 11 is 0. The molecule has 1 amide bonds. The van der Waals surface area contributed by atoms with Gasteiger partial charge in [0, 0.05) is 31.2 Å². The molecule has 26 heavy (non-hydrogen) atoms. The lowest BCUT2D eigenvalue weighted by Gasteiger charge is -2.42. The maximum absolute atomic E-state index is 11.2. The number of nitrogens with zero attached hydrogens (tertiary/aromatic N) is 2. The van der Waals surface area contributed by atoms with E-state index < -0.39 is 5.60 Å². The van der Waals surface area contributed by atoms with Gasteiger partial charge in [0.25, 0.3) is 0 Å². The van der Waals surface area contributed by atoms with Crippen LogP contribution in [0.15, 0.2) is 30.5 Å². The van der Waals surface area contributed by atoms with Crippen molar-refractivity contribution in [1.82, 2.24) is 9.47 Å². The van der Waals surface area contributed by atoms with Crippen LogP contribution in [0.2, 0.25) is 0 Å². The minimum Gasteiger partial charge on any atom is -0.490 e. The van der Waals surface area contributed by atoms with Crippen LogP contribution in [-0.2, 0) is 11.3 Å². The maximum atomic E-state index is 11.2. The molecule has 6 heteroatoms. The zero-order chi connectivity index (χ0) is 18.1. The molecule has 0 spiro atoms. The molecule has 2 aromatic rings. The van der Waals surface area contributed by atoms with Crippen molar-refractivity contribution < 1.29 is 14.6 Å². The summed E-state index contributed by atoms with van der Waals surface area (Å²) in [6.45, 7) is 2.90. The van der Waals surface area contributed by atoms with Crippen molar-refractivity contribution in [2.45, 2.75) is 50.4 Å². The minimum atomic E-state index is -0.442. The number of primary amides is 1. The van der Waals surface area contributed by atoms with E-state index in [-0.39, 0.29) is 18.6 Å². The van der Waals surface area contributed by atoms with E-state index in [1.54, 1.807) is 0 Å². The highest BCUT2D eigenvalue weighted by molar-refractivity contribution is 5.87. The Morgan fingerprint density at radius 2 is 2.04 bits per heavy atom. The van der Waals surface area contributed by atoms with E-state index in [0.717, 1.165) is 68.4 Å². The van der Waals surface area contributed by atoms with Gasteiger partial charge in [0.1, 0.15) is 18.4 Å². The summed E-state index contributed by atoms with van der Waals surface area (Å²) < 4.78 is 8.14. The van der Waals surface area contributed by atoms with Crippen molar-refractivity contribution in [2.24, 2.45) is 5.73 Å². The minimum absolute atomic E-state index is 0.175. The highest BCUT2D eigenvalue weighted by Gasteiger charge is 2.37. The van der Waals surface area contributed by atoms with Crippen molar-refractivity contribution in [3.8, 4) is 5.75 Å². The molecule has 3 N–H and O–H groups in total. The van der Waals surface area contributed by atoms with Crippen molar-refractivity contribution in [3.05, 3.63) is 30.5 Å². The molecule has 2 aliphatic rings. The van der Waals surface area contributed by atoms with Gasteiger partial charge in [-0.05, 0) is 50.3 Å². The van der Waals surface area contributed by atoms with E-state index in [1.165, 1.54) is 0 Å². The molecule has 1 saturated heterocycles. The Kier molecular flexibility index (Phi) is 4.63. The summed E-state index contributed by atoms with van der Waals surface area (Å²) in [7, 11) is 0. The predicted octanol–water partition coefficient (Wildman–Crippen LogP) is 1.88. The Labute approximate surface area is 153 Å². The lowest BCUT2D eigenvalue weighted by molar-refractivity contribution is -0.118. The summed E-state index contributed by atoms with van der Waals surface area (Å²) in [5.74, 6) is 0.510. The molecule has 6 nitrogen and oxygen atoms in total. The van der Waals surface area contributed by atoms with Gasteiger partial charge in [-0.3, -0.25) is 4.79 Å². The number of aliphatic hydroxyl groups is 1. The van der Waals surface area contributed by atoms with Crippen LogP contribution in [0.3, 0.4) is 0 Å². The van der Waals surface area contributed by atoms with E-state index >= 15 is 0 Å². The molecule has 1 aromatic carbocycles. The maximum Gasteiger partial charge on any atom is 0.237 e. The van der Waals surface area contributed by atoms with Crippen LogP contribution in [-0.4, -0.2) is 51.8 Å². The fourth-order valence-corrected chi connectivity index (χ4v) is 4.13. The van der Waals surface area contributed by atoms with E-state index in [9.17, 15) is 9.90 Å². The average molecular weight is 357 g/mol. The van der Waals surface area contributed by atoms with Crippen LogP contribution in [0.25, 0.3) is 10.9 Å². The van der Waals surface area contributed by atoms with E-state index in [1.807, 2.05) is 35.0 Å². The van der Waals surface area contributed by atoms with E-state index in [0.29, 0.717) is 0 Å². The van der Waals surface area contributed by atoms with Crippen molar-refractivity contribution in [1.29, 1.82) is 0 Å². The van der Waals surface area contributed by atoms with Gasteiger partial charge >= 0.3 is 0 Å². The van der Waals surface area contributed by atoms with Crippen molar-refractivity contribution in [2.75, 3.05) is 19.6 Å². The summed E-state index contributed by atoms with van der Waals surface area (Å²) in [6, 6.07) is 7.90. The van der Waals surface area contributed by atoms with Crippen LogP contribution >= 0.6 is 0 Å². The molecular weight excluding hydrogens is 330 g/mol. The number of nitrogens with two attached hydrogens (primary N) is 1. The second-order valence-corrected chi connectivity index (χ2v) is 7.77. The summed E-state index contributed by atoms with van der Waals surface area (Å²) in [5, 5.41) is 11.4. The third-order valence-corrected chi connectivity index (χ3v) is 5.73. The van der Waals surface area contributed by atoms with Crippen LogP contribution < -0.4 is 10.5 Å². The first kappa shape index (κ1) is 17.4. The molecule has 140 valence electrons. The molecule has 1 aliphatic carbocycles. The van der Waals surface area contributed by atoms with Crippen molar-refractivity contribution in [3.63, 3.8) is 0 Å². The number of fused-ring (bicyclic) bond motifs is 1. The number of carbonyl (C=O) groups excluding carboxylic acids is 1. The number of ether oxygens (including phenoxy) is 1. The van der Waals surface area contributed by atoms with Gasteiger partial charge in [-0.1, -0.05) is 6.07 Å². The third kappa shape index (κ3) is 3.57. The number of carbonyl (C=O) groups is 1. The predicted molar refractivity (Wildman–Crippen MR) is 100 cm³/mol. The lowest BCUT2D eigenvalue weighted by Crippen LogP contribution is -2.50. The van der Waals surface area contributed by atoms with Crippen LogP contribution in [0, 0.1) is 0 Å². The van der Waals surface area contributed by atoms with Gasteiger partial charge in [-0.2, -0.15) is 0 Å². The van der Waals surface area contributed by atoms with Gasteiger partial charge < -0.3 is 25.0 Å². The van der Waals surface area contributed by atoms with Crippen LogP contribution in [0.5, 0.6) is 5.75 Å². The molecule has 4 rings (SSSR count).